The summed E-state index contributed by atoms with van der Waals surface area (Å²) in [6, 6.07) is 14.8. The minimum atomic E-state index is -0.395. The number of amides is 2. The smallest absolute Gasteiger partial charge is 0.280 e. The number of hydrogen-bond acceptors (Lipinski definition) is 4. The molecular weight excluding hydrogens is 356 g/mol. The molecule has 1 heterocycles. The summed E-state index contributed by atoms with van der Waals surface area (Å²) in [7, 11) is 1.50. The number of anilines is 2. The number of hydrogen-bond donors (Lipinski definition) is 2. The lowest BCUT2D eigenvalue weighted by Crippen LogP contribution is -2.16. The van der Waals surface area contributed by atoms with Gasteiger partial charge >= 0.3 is 0 Å². The number of aryl methyl sites for hydroxylation is 1. The number of carbonyl (C=O) groups is 2. The number of benzene rings is 2. The van der Waals surface area contributed by atoms with Crippen LogP contribution in [0.5, 0.6) is 5.75 Å². The van der Waals surface area contributed by atoms with E-state index in [4.69, 9.17) is 4.74 Å². The molecule has 144 valence electrons. The summed E-state index contributed by atoms with van der Waals surface area (Å²) in [5.41, 5.74) is 3.07. The SMILES string of the molecule is CCC(=O)Nc1ccc(C)c(NC(=O)c2nn(-c3ccccc3)cc2OC)c1. The zero-order valence-electron chi connectivity index (χ0n) is 16.0. The van der Waals surface area contributed by atoms with E-state index in [1.54, 1.807) is 29.9 Å². The number of rotatable bonds is 6. The van der Waals surface area contributed by atoms with E-state index in [1.807, 2.05) is 43.3 Å². The second-order valence-electron chi connectivity index (χ2n) is 6.21. The van der Waals surface area contributed by atoms with Gasteiger partial charge in [0.2, 0.25) is 5.91 Å². The fraction of sp³-hybridized carbons (Fsp3) is 0.190. The maximum absolute atomic E-state index is 12.8. The molecule has 3 rings (SSSR count). The van der Waals surface area contributed by atoms with E-state index in [2.05, 4.69) is 15.7 Å². The molecule has 0 saturated heterocycles. The lowest BCUT2D eigenvalue weighted by atomic mass is 10.1. The van der Waals surface area contributed by atoms with Crippen LogP contribution in [0.3, 0.4) is 0 Å². The van der Waals surface area contributed by atoms with Crippen molar-refractivity contribution in [2.75, 3.05) is 17.7 Å². The summed E-state index contributed by atoms with van der Waals surface area (Å²) >= 11 is 0. The van der Waals surface area contributed by atoms with Crippen molar-refractivity contribution in [2.24, 2.45) is 0 Å². The van der Waals surface area contributed by atoms with E-state index in [0.717, 1.165) is 11.3 Å². The largest absolute Gasteiger partial charge is 0.493 e. The van der Waals surface area contributed by atoms with Gasteiger partial charge in [-0.2, -0.15) is 5.10 Å². The lowest BCUT2D eigenvalue weighted by molar-refractivity contribution is -0.115. The summed E-state index contributed by atoms with van der Waals surface area (Å²) in [5.74, 6) is -0.118. The van der Waals surface area contributed by atoms with Crippen LogP contribution < -0.4 is 15.4 Å². The number of para-hydroxylation sites is 1. The van der Waals surface area contributed by atoms with Gasteiger partial charge in [-0.3, -0.25) is 9.59 Å². The van der Waals surface area contributed by atoms with Crippen molar-refractivity contribution < 1.29 is 14.3 Å². The maximum atomic E-state index is 12.8. The number of nitrogens with one attached hydrogen (secondary N) is 2. The lowest BCUT2D eigenvalue weighted by Gasteiger charge is -2.11. The van der Waals surface area contributed by atoms with Crippen molar-refractivity contribution in [3.8, 4) is 11.4 Å². The van der Waals surface area contributed by atoms with Crippen molar-refractivity contribution in [3.05, 3.63) is 66.0 Å². The van der Waals surface area contributed by atoms with Crippen LogP contribution in [0.4, 0.5) is 11.4 Å². The molecule has 2 N–H and O–H groups in total. The number of methoxy groups -OCH3 is 1. The number of aromatic nitrogens is 2. The summed E-state index contributed by atoms with van der Waals surface area (Å²) in [4.78, 5) is 24.4. The fourth-order valence-corrected chi connectivity index (χ4v) is 2.64. The standard InChI is InChI=1S/C21H22N4O3/c1-4-19(26)22-15-11-10-14(2)17(12-15)23-21(27)20-18(28-3)13-25(24-20)16-8-6-5-7-9-16/h5-13H,4H2,1-3H3,(H,22,26)(H,23,27). The molecule has 0 aliphatic heterocycles. The zero-order valence-corrected chi connectivity index (χ0v) is 16.0. The van der Waals surface area contributed by atoms with Crippen LogP contribution in [0, 0.1) is 6.92 Å². The van der Waals surface area contributed by atoms with E-state index >= 15 is 0 Å². The molecule has 0 atom stereocenters. The van der Waals surface area contributed by atoms with Crippen molar-refractivity contribution >= 4 is 23.2 Å². The van der Waals surface area contributed by atoms with Crippen LogP contribution in [-0.2, 0) is 4.79 Å². The van der Waals surface area contributed by atoms with Gasteiger partial charge in [0.05, 0.1) is 19.0 Å². The van der Waals surface area contributed by atoms with Gasteiger partial charge in [-0.05, 0) is 36.8 Å². The van der Waals surface area contributed by atoms with Crippen molar-refractivity contribution in [1.82, 2.24) is 9.78 Å². The predicted molar refractivity (Wildman–Crippen MR) is 108 cm³/mol. The molecule has 0 fully saturated rings. The third-order valence-electron chi connectivity index (χ3n) is 4.23. The highest BCUT2D eigenvalue weighted by Crippen LogP contribution is 2.24. The van der Waals surface area contributed by atoms with Crippen molar-refractivity contribution in [2.45, 2.75) is 20.3 Å². The molecule has 2 amide bonds. The van der Waals surface area contributed by atoms with Gasteiger partial charge in [0.25, 0.3) is 5.91 Å². The Labute approximate surface area is 163 Å². The highest BCUT2D eigenvalue weighted by Gasteiger charge is 2.19. The molecule has 0 bridgehead atoms. The first kappa shape index (κ1) is 19.2. The van der Waals surface area contributed by atoms with E-state index in [0.29, 0.717) is 23.5 Å². The summed E-state index contributed by atoms with van der Waals surface area (Å²) in [6.07, 6.45) is 2.04. The quantitative estimate of drug-likeness (QED) is 0.683. The molecule has 2 aromatic carbocycles. The van der Waals surface area contributed by atoms with E-state index < -0.39 is 5.91 Å². The Bertz CT molecular complexity index is 996. The third-order valence-corrected chi connectivity index (χ3v) is 4.23. The second-order valence-corrected chi connectivity index (χ2v) is 6.21. The van der Waals surface area contributed by atoms with Crippen LogP contribution in [0.15, 0.2) is 54.7 Å². The number of carbonyl (C=O) groups excluding carboxylic acids is 2. The molecule has 3 aromatic rings. The Morgan fingerprint density at radius 1 is 1.11 bits per heavy atom. The molecule has 0 saturated carbocycles. The van der Waals surface area contributed by atoms with Crippen LogP contribution in [-0.4, -0.2) is 28.7 Å². The Kier molecular flexibility index (Phi) is 5.74. The van der Waals surface area contributed by atoms with E-state index in [9.17, 15) is 9.59 Å². The van der Waals surface area contributed by atoms with Gasteiger partial charge in [-0.15, -0.1) is 0 Å². The van der Waals surface area contributed by atoms with Crippen LogP contribution in [0.25, 0.3) is 5.69 Å². The van der Waals surface area contributed by atoms with Gasteiger partial charge in [-0.25, -0.2) is 4.68 Å². The molecule has 0 aliphatic carbocycles. The average molecular weight is 378 g/mol. The Morgan fingerprint density at radius 2 is 1.86 bits per heavy atom. The molecule has 7 nitrogen and oxygen atoms in total. The molecule has 0 spiro atoms. The first-order valence-corrected chi connectivity index (χ1v) is 8.92. The normalized spacial score (nSPS) is 10.4. The highest BCUT2D eigenvalue weighted by molar-refractivity contribution is 6.05. The van der Waals surface area contributed by atoms with Gasteiger partial charge < -0.3 is 15.4 Å². The first-order chi connectivity index (χ1) is 13.5. The maximum Gasteiger partial charge on any atom is 0.280 e. The summed E-state index contributed by atoms with van der Waals surface area (Å²) < 4.78 is 6.92. The third kappa shape index (κ3) is 4.20. The number of ether oxygens (including phenoxy) is 1. The molecule has 0 unspecified atom stereocenters. The molecule has 1 aromatic heterocycles. The van der Waals surface area contributed by atoms with Crippen LogP contribution in [0.1, 0.15) is 29.4 Å². The second kappa shape index (κ2) is 8.39. The minimum Gasteiger partial charge on any atom is -0.493 e. The number of nitrogens with zero attached hydrogens (tertiary/aromatic N) is 2. The first-order valence-electron chi connectivity index (χ1n) is 8.92. The van der Waals surface area contributed by atoms with Gasteiger partial charge in [0.1, 0.15) is 0 Å². The summed E-state index contributed by atoms with van der Waals surface area (Å²) in [5, 5.41) is 10.0. The minimum absolute atomic E-state index is 0.0931. The van der Waals surface area contributed by atoms with Gasteiger partial charge in [0, 0.05) is 17.8 Å². The topological polar surface area (TPSA) is 85.3 Å². The van der Waals surface area contributed by atoms with Gasteiger partial charge in [0.15, 0.2) is 11.4 Å². The van der Waals surface area contributed by atoms with Crippen molar-refractivity contribution in [3.63, 3.8) is 0 Å². The average Bonchev–Trinajstić information content (AvgIpc) is 3.15. The Hall–Kier alpha value is -3.61. The molecule has 0 radical (unpaired) electrons. The summed E-state index contributed by atoms with van der Waals surface area (Å²) in [6.45, 7) is 3.66. The fourth-order valence-electron chi connectivity index (χ4n) is 2.64. The molecule has 28 heavy (non-hydrogen) atoms. The van der Waals surface area contributed by atoms with E-state index in [-0.39, 0.29) is 11.6 Å². The Balaban J connectivity index is 1.86. The van der Waals surface area contributed by atoms with E-state index in [1.165, 1.54) is 7.11 Å². The van der Waals surface area contributed by atoms with Crippen LogP contribution >= 0.6 is 0 Å². The zero-order chi connectivity index (χ0) is 20.1. The molecule has 7 heteroatoms. The molecule has 0 aliphatic rings. The predicted octanol–water partition coefficient (Wildman–Crippen LogP) is 3.79. The van der Waals surface area contributed by atoms with Crippen LogP contribution in [0.2, 0.25) is 0 Å². The highest BCUT2D eigenvalue weighted by atomic mass is 16.5. The molecular formula is C21H22N4O3. The monoisotopic (exact) mass is 378 g/mol. The Morgan fingerprint density at radius 3 is 2.54 bits per heavy atom. The van der Waals surface area contributed by atoms with Crippen molar-refractivity contribution in [1.29, 1.82) is 0 Å². The van der Waals surface area contributed by atoms with Gasteiger partial charge in [-0.1, -0.05) is 31.2 Å².